The van der Waals surface area contributed by atoms with Crippen molar-refractivity contribution in [2.75, 3.05) is 5.75 Å². The summed E-state index contributed by atoms with van der Waals surface area (Å²) in [6, 6.07) is 16.1. The Labute approximate surface area is 115 Å². The van der Waals surface area contributed by atoms with E-state index in [1.165, 1.54) is 23.9 Å². The molecule has 1 atom stereocenters. The van der Waals surface area contributed by atoms with Gasteiger partial charge < -0.3 is 5.73 Å². The second kappa shape index (κ2) is 6.38. The van der Waals surface area contributed by atoms with Crippen molar-refractivity contribution in [3.63, 3.8) is 0 Å². The third kappa shape index (κ3) is 3.83. The van der Waals surface area contributed by atoms with Crippen LogP contribution < -0.4 is 5.73 Å². The first-order chi connectivity index (χ1) is 9.16. The number of rotatable bonds is 5. The minimum absolute atomic E-state index is 0.0192. The third-order valence-corrected chi connectivity index (χ3v) is 4.00. The second-order valence-electron chi connectivity index (χ2n) is 4.12. The zero-order chi connectivity index (χ0) is 13.7. The monoisotopic (exact) mass is 275 g/mol. The maximum Gasteiger partial charge on any atom is 0.227 e. The normalized spacial score (nSPS) is 12.1. The maximum atomic E-state index is 13.0. The Balaban J connectivity index is 2.28. The topological polar surface area (TPSA) is 43.1 Å². The number of benzene rings is 2. The molecule has 2 aromatic rings. The van der Waals surface area contributed by atoms with Crippen molar-refractivity contribution in [1.29, 1.82) is 0 Å². The van der Waals surface area contributed by atoms with Gasteiger partial charge in [0.25, 0.3) is 0 Å². The lowest BCUT2D eigenvalue weighted by atomic mass is 10.0. The van der Waals surface area contributed by atoms with E-state index >= 15 is 0 Å². The molecule has 4 heteroatoms. The van der Waals surface area contributed by atoms with E-state index in [0.717, 1.165) is 11.1 Å². The van der Waals surface area contributed by atoms with E-state index in [-0.39, 0.29) is 22.7 Å². The van der Waals surface area contributed by atoms with E-state index in [1.807, 2.05) is 30.3 Å². The van der Waals surface area contributed by atoms with Crippen LogP contribution in [0.3, 0.4) is 0 Å². The molecule has 0 bridgehead atoms. The number of primary amides is 1. The molecule has 19 heavy (non-hydrogen) atoms. The number of hydrogen-bond acceptors (Lipinski definition) is 2. The smallest absolute Gasteiger partial charge is 0.227 e. The first-order valence-corrected chi connectivity index (χ1v) is 6.92. The maximum absolute atomic E-state index is 13.0. The molecule has 0 fully saturated rings. The van der Waals surface area contributed by atoms with Gasteiger partial charge in [0.1, 0.15) is 5.82 Å². The Bertz CT molecular complexity index is 542. The van der Waals surface area contributed by atoms with Gasteiger partial charge >= 0.3 is 0 Å². The molecule has 0 saturated carbocycles. The number of hydrogen-bond donors (Lipinski definition) is 1. The van der Waals surface area contributed by atoms with Crippen LogP contribution in [0, 0.1) is 5.82 Å². The van der Waals surface area contributed by atoms with Gasteiger partial charge in [-0.15, -0.1) is 11.8 Å². The highest BCUT2D eigenvalue weighted by Crippen LogP contribution is 2.35. The van der Waals surface area contributed by atoms with Crippen molar-refractivity contribution < 1.29 is 9.18 Å². The Morgan fingerprint density at radius 1 is 1.05 bits per heavy atom. The lowest BCUT2D eigenvalue weighted by molar-refractivity contribution is -0.115. The van der Waals surface area contributed by atoms with Gasteiger partial charge in [0, 0.05) is 0 Å². The average molecular weight is 275 g/mol. The lowest BCUT2D eigenvalue weighted by Gasteiger charge is -2.17. The summed E-state index contributed by atoms with van der Waals surface area (Å²) in [5.74, 6) is -0.389. The quantitative estimate of drug-likeness (QED) is 0.911. The van der Waals surface area contributed by atoms with Crippen molar-refractivity contribution in [2.24, 2.45) is 5.73 Å². The highest BCUT2D eigenvalue weighted by molar-refractivity contribution is 8.00. The number of amides is 1. The zero-order valence-electron chi connectivity index (χ0n) is 10.3. The molecule has 0 saturated heterocycles. The molecule has 98 valence electrons. The summed E-state index contributed by atoms with van der Waals surface area (Å²) in [6.45, 7) is 0. The highest BCUT2D eigenvalue weighted by atomic mass is 32.2. The number of carbonyl (C=O) groups excluding carboxylic acids is 1. The molecule has 2 N–H and O–H groups in total. The summed E-state index contributed by atoms with van der Waals surface area (Å²) in [5, 5.41) is -0.0192. The number of nitrogens with two attached hydrogens (primary N) is 1. The van der Waals surface area contributed by atoms with E-state index in [1.54, 1.807) is 12.1 Å². The molecule has 0 unspecified atom stereocenters. The number of thioether (sulfide) groups is 1. The Kier molecular flexibility index (Phi) is 4.58. The fraction of sp³-hybridized carbons (Fsp3) is 0.133. The van der Waals surface area contributed by atoms with E-state index in [9.17, 15) is 9.18 Å². The van der Waals surface area contributed by atoms with Crippen LogP contribution in [-0.4, -0.2) is 11.7 Å². The van der Waals surface area contributed by atoms with Crippen LogP contribution in [0.5, 0.6) is 0 Å². The van der Waals surface area contributed by atoms with Crippen molar-refractivity contribution in [2.45, 2.75) is 5.25 Å². The SMILES string of the molecule is NC(=O)CS[C@H](c1ccccc1)c1ccc(F)cc1. The van der Waals surface area contributed by atoms with Gasteiger partial charge in [-0.2, -0.15) is 0 Å². The van der Waals surface area contributed by atoms with E-state index in [0.29, 0.717) is 0 Å². The molecule has 0 radical (unpaired) electrons. The number of halogens is 1. The summed E-state index contributed by atoms with van der Waals surface area (Å²) in [4.78, 5) is 11.0. The van der Waals surface area contributed by atoms with Crippen molar-refractivity contribution >= 4 is 17.7 Å². The van der Waals surface area contributed by atoms with Crippen LogP contribution in [0.15, 0.2) is 54.6 Å². The largest absolute Gasteiger partial charge is 0.369 e. The molecule has 2 nitrogen and oxygen atoms in total. The van der Waals surface area contributed by atoms with Gasteiger partial charge in [-0.25, -0.2) is 4.39 Å². The van der Waals surface area contributed by atoms with Crippen molar-refractivity contribution in [1.82, 2.24) is 0 Å². The molecule has 0 aliphatic carbocycles. The summed E-state index contributed by atoms with van der Waals surface area (Å²) in [6.07, 6.45) is 0. The predicted molar refractivity (Wildman–Crippen MR) is 76.3 cm³/mol. The van der Waals surface area contributed by atoms with E-state index in [2.05, 4.69) is 0 Å². The van der Waals surface area contributed by atoms with Crippen molar-refractivity contribution in [3.05, 3.63) is 71.5 Å². The van der Waals surface area contributed by atoms with Crippen LogP contribution in [0.1, 0.15) is 16.4 Å². The summed E-state index contributed by atoms with van der Waals surface area (Å²) >= 11 is 1.44. The van der Waals surface area contributed by atoms with Gasteiger partial charge in [-0.3, -0.25) is 4.79 Å². The molecular formula is C15H14FNOS. The third-order valence-electron chi connectivity index (χ3n) is 2.67. The Morgan fingerprint density at radius 2 is 1.63 bits per heavy atom. The van der Waals surface area contributed by atoms with Gasteiger partial charge in [0.2, 0.25) is 5.91 Å². The number of carbonyl (C=O) groups is 1. The lowest BCUT2D eigenvalue weighted by Crippen LogP contribution is -2.14. The summed E-state index contributed by atoms with van der Waals surface area (Å²) < 4.78 is 13.0. The molecule has 0 aliphatic heterocycles. The first kappa shape index (κ1) is 13.6. The van der Waals surface area contributed by atoms with Gasteiger partial charge in [-0.1, -0.05) is 42.5 Å². The summed E-state index contributed by atoms with van der Waals surface area (Å²) in [7, 11) is 0. The van der Waals surface area contributed by atoms with Gasteiger partial charge in [0.15, 0.2) is 0 Å². The molecule has 2 aromatic carbocycles. The van der Waals surface area contributed by atoms with Crippen LogP contribution in [0.25, 0.3) is 0 Å². The zero-order valence-corrected chi connectivity index (χ0v) is 11.1. The molecule has 2 rings (SSSR count). The van der Waals surface area contributed by atoms with Crippen LogP contribution in [-0.2, 0) is 4.79 Å². The van der Waals surface area contributed by atoms with Crippen LogP contribution in [0.2, 0.25) is 0 Å². The van der Waals surface area contributed by atoms with Crippen LogP contribution in [0.4, 0.5) is 4.39 Å². The fourth-order valence-corrected chi connectivity index (χ4v) is 2.85. The van der Waals surface area contributed by atoms with Crippen molar-refractivity contribution in [3.8, 4) is 0 Å². The Hall–Kier alpha value is -1.81. The summed E-state index contributed by atoms with van der Waals surface area (Å²) in [5.41, 5.74) is 7.23. The minimum Gasteiger partial charge on any atom is -0.369 e. The Morgan fingerprint density at radius 3 is 2.21 bits per heavy atom. The second-order valence-corrected chi connectivity index (χ2v) is 5.21. The van der Waals surface area contributed by atoms with Crippen LogP contribution >= 0.6 is 11.8 Å². The average Bonchev–Trinajstić information content (AvgIpc) is 2.42. The van der Waals surface area contributed by atoms with E-state index in [4.69, 9.17) is 5.73 Å². The molecule has 0 aliphatic rings. The predicted octanol–water partition coefficient (Wildman–Crippen LogP) is 3.13. The molecular weight excluding hydrogens is 261 g/mol. The fourth-order valence-electron chi connectivity index (χ4n) is 1.82. The highest BCUT2D eigenvalue weighted by Gasteiger charge is 2.15. The first-order valence-electron chi connectivity index (χ1n) is 5.87. The van der Waals surface area contributed by atoms with Gasteiger partial charge in [0.05, 0.1) is 11.0 Å². The molecule has 0 heterocycles. The van der Waals surface area contributed by atoms with E-state index < -0.39 is 0 Å². The standard InChI is InChI=1S/C15H14FNOS/c16-13-8-6-12(7-9-13)15(19-10-14(17)18)11-4-2-1-3-5-11/h1-9,15H,10H2,(H2,17,18)/t15-/m1/s1. The molecule has 1 amide bonds. The minimum atomic E-state index is -0.354. The van der Waals surface area contributed by atoms with Gasteiger partial charge in [-0.05, 0) is 23.3 Å². The molecule has 0 spiro atoms. The molecule has 0 aromatic heterocycles.